The number of piperidine rings is 1. The molecule has 0 saturated carbocycles. The molecule has 1 aliphatic rings. The maximum atomic E-state index is 12.3. The maximum Gasteiger partial charge on any atom is 0.223 e. The van der Waals surface area contributed by atoms with Crippen LogP contribution in [0.15, 0.2) is 48.8 Å². The number of nitrogens with zero attached hydrogens (tertiary/aromatic N) is 3. The molecule has 2 heterocycles. The van der Waals surface area contributed by atoms with E-state index in [1.807, 2.05) is 23.1 Å². The number of hydrogen-bond acceptors (Lipinski definition) is 4. The van der Waals surface area contributed by atoms with E-state index in [0.717, 1.165) is 31.8 Å². The van der Waals surface area contributed by atoms with Crippen LogP contribution in [0.3, 0.4) is 0 Å². The Morgan fingerprint density at radius 3 is 2.50 bits per heavy atom. The molecule has 1 amide bonds. The molecule has 1 aliphatic heterocycles. The molecule has 0 radical (unpaired) electrons. The second-order valence-electron chi connectivity index (χ2n) is 6.04. The molecule has 24 heavy (non-hydrogen) atoms. The molecule has 126 valence electrons. The third-order valence-electron chi connectivity index (χ3n) is 4.30. The number of benzene rings is 1. The number of aromatic nitrogens is 2. The molecule has 1 aromatic carbocycles. The first-order valence-corrected chi connectivity index (χ1v) is 8.50. The van der Waals surface area contributed by atoms with Gasteiger partial charge in [-0.15, -0.1) is 0 Å². The molecule has 0 N–H and O–H groups in total. The van der Waals surface area contributed by atoms with Gasteiger partial charge in [0, 0.05) is 38.3 Å². The molecule has 1 aromatic heterocycles. The highest BCUT2D eigenvalue weighted by Crippen LogP contribution is 2.16. The average molecular weight is 325 g/mol. The highest BCUT2D eigenvalue weighted by Gasteiger charge is 2.23. The number of amides is 1. The molecular weight excluding hydrogens is 302 g/mol. The Bertz CT molecular complexity index is 626. The lowest BCUT2D eigenvalue weighted by Crippen LogP contribution is -2.41. The smallest absolute Gasteiger partial charge is 0.223 e. The van der Waals surface area contributed by atoms with Crippen molar-refractivity contribution in [2.24, 2.45) is 0 Å². The predicted octanol–water partition coefficient (Wildman–Crippen LogP) is 2.62. The summed E-state index contributed by atoms with van der Waals surface area (Å²) in [5.41, 5.74) is 1.19. The van der Waals surface area contributed by atoms with Crippen LogP contribution < -0.4 is 0 Å². The van der Waals surface area contributed by atoms with Gasteiger partial charge in [0.25, 0.3) is 0 Å². The molecule has 0 bridgehead atoms. The minimum atomic E-state index is 0.184. The quantitative estimate of drug-likeness (QED) is 0.819. The van der Waals surface area contributed by atoms with Gasteiger partial charge in [0.05, 0.1) is 12.7 Å². The van der Waals surface area contributed by atoms with Crippen molar-refractivity contribution in [1.29, 1.82) is 0 Å². The highest BCUT2D eigenvalue weighted by atomic mass is 16.5. The van der Waals surface area contributed by atoms with E-state index in [0.29, 0.717) is 19.4 Å². The molecule has 5 nitrogen and oxygen atoms in total. The zero-order valence-electron chi connectivity index (χ0n) is 13.8. The summed E-state index contributed by atoms with van der Waals surface area (Å²) in [6, 6.07) is 12.0. The van der Waals surface area contributed by atoms with Crippen LogP contribution in [0.1, 0.15) is 30.7 Å². The Labute approximate surface area is 142 Å². The predicted molar refractivity (Wildman–Crippen MR) is 91.2 cm³/mol. The SMILES string of the molecule is O=C(CCc1ncccn1)N1CCC(OCc2ccccc2)CC1. The number of rotatable bonds is 6. The van der Waals surface area contributed by atoms with Gasteiger partial charge in [-0.05, 0) is 24.5 Å². The molecule has 1 saturated heterocycles. The molecule has 1 fully saturated rings. The van der Waals surface area contributed by atoms with Crippen molar-refractivity contribution in [3.8, 4) is 0 Å². The number of carbonyl (C=O) groups excluding carboxylic acids is 1. The average Bonchev–Trinajstić information content (AvgIpc) is 2.66. The lowest BCUT2D eigenvalue weighted by atomic mass is 10.1. The number of likely N-dealkylation sites (tertiary alicyclic amines) is 1. The second kappa shape index (κ2) is 8.55. The topological polar surface area (TPSA) is 55.3 Å². The van der Waals surface area contributed by atoms with E-state index in [9.17, 15) is 4.79 Å². The van der Waals surface area contributed by atoms with Gasteiger partial charge in [0.1, 0.15) is 5.82 Å². The molecule has 0 unspecified atom stereocenters. The van der Waals surface area contributed by atoms with E-state index in [2.05, 4.69) is 22.1 Å². The van der Waals surface area contributed by atoms with E-state index in [4.69, 9.17) is 4.74 Å². The molecular formula is C19H23N3O2. The zero-order chi connectivity index (χ0) is 16.6. The van der Waals surface area contributed by atoms with Crippen LogP contribution in [0.4, 0.5) is 0 Å². The van der Waals surface area contributed by atoms with Gasteiger partial charge < -0.3 is 9.64 Å². The monoisotopic (exact) mass is 325 g/mol. The molecule has 0 atom stereocenters. The minimum absolute atomic E-state index is 0.184. The van der Waals surface area contributed by atoms with Crippen LogP contribution in [0.2, 0.25) is 0 Å². The van der Waals surface area contributed by atoms with Crippen molar-refractivity contribution in [3.63, 3.8) is 0 Å². The van der Waals surface area contributed by atoms with Crippen LogP contribution in [0.25, 0.3) is 0 Å². The third-order valence-corrected chi connectivity index (χ3v) is 4.30. The number of carbonyl (C=O) groups is 1. The van der Waals surface area contributed by atoms with Gasteiger partial charge in [0.15, 0.2) is 0 Å². The third kappa shape index (κ3) is 4.86. The summed E-state index contributed by atoms with van der Waals surface area (Å²) < 4.78 is 5.97. The van der Waals surface area contributed by atoms with E-state index in [1.165, 1.54) is 5.56 Å². The van der Waals surface area contributed by atoms with Crippen LogP contribution >= 0.6 is 0 Å². The second-order valence-corrected chi connectivity index (χ2v) is 6.04. The fourth-order valence-corrected chi connectivity index (χ4v) is 2.90. The first kappa shape index (κ1) is 16.6. The Morgan fingerprint density at radius 2 is 1.79 bits per heavy atom. The van der Waals surface area contributed by atoms with Crippen LogP contribution in [-0.4, -0.2) is 40.0 Å². The number of ether oxygens (including phenoxy) is 1. The Kier molecular flexibility index (Phi) is 5.90. The van der Waals surface area contributed by atoms with E-state index in [1.54, 1.807) is 18.5 Å². The summed E-state index contributed by atoms with van der Waals surface area (Å²) in [7, 11) is 0. The van der Waals surface area contributed by atoms with Crippen molar-refractivity contribution >= 4 is 5.91 Å². The first-order chi connectivity index (χ1) is 11.8. The molecule has 0 aliphatic carbocycles. The summed E-state index contributed by atoms with van der Waals surface area (Å²) in [6.45, 7) is 2.19. The standard InChI is InChI=1S/C19H23N3O2/c23-19(8-7-18-20-11-4-12-21-18)22-13-9-17(10-14-22)24-15-16-5-2-1-3-6-16/h1-6,11-12,17H,7-10,13-15H2. The van der Waals surface area contributed by atoms with Crippen LogP contribution in [0, 0.1) is 0 Å². The van der Waals surface area contributed by atoms with Gasteiger partial charge in [-0.3, -0.25) is 4.79 Å². The maximum absolute atomic E-state index is 12.3. The van der Waals surface area contributed by atoms with Crippen molar-refractivity contribution in [3.05, 3.63) is 60.2 Å². The van der Waals surface area contributed by atoms with Crippen LogP contribution in [0.5, 0.6) is 0 Å². The van der Waals surface area contributed by atoms with Gasteiger partial charge in [-0.1, -0.05) is 30.3 Å². The summed E-state index contributed by atoms with van der Waals surface area (Å²) in [6.07, 6.45) is 6.54. The lowest BCUT2D eigenvalue weighted by molar-refractivity contribution is -0.134. The fourth-order valence-electron chi connectivity index (χ4n) is 2.90. The van der Waals surface area contributed by atoms with E-state index in [-0.39, 0.29) is 12.0 Å². The van der Waals surface area contributed by atoms with Crippen LogP contribution in [-0.2, 0) is 22.6 Å². The Balaban J connectivity index is 1.37. The number of aryl methyl sites for hydroxylation is 1. The molecule has 2 aromatic rings. The minimum Gasteiger partial charge on any atom is -0.373 e. The zero-order valence-corrected chi connectivity index (χ0v) is 13.8. The first-order valence-electron chi connectivity index (χ1n) is 8.50. The van der Waals surface area contributed by atoms with Crippen molar-refractivity contribution in [1.82, 2.24) is 14.9 Å². The normalized spacial score (nSPS) is 15.4. The highest BCUT2D eigenvalue weighted by molar-refractivity contribution is 5.76. The largest absolute Gasteiger partial charge is 0.373 e. The Morgan fingerprint density at radius 1 is 1.08 bits per heavy atom. The molecule has 5 heteroatoms. The van der Waals surface area contributed by atoms with E-state index >= 15 is 0 Å². The summed E-state index contributed by atoms with van der Waals surface area (Å²) in [5, 5.41) is 0. The van der Waals surface area contributed by atoms with Crippen molar-refractivity contribution < 1.29 is 9.53 Å². The van der Waals surface area contributed by atoms with Crippen molar-refractivity contribution in [2.75, 3.05) is 13.1 Å². The summed E-state index contributed by atoms with van der Waals surface area (Å²) in [4.78, 5) is 22.5. The van der Waals surface area contributed by atoms with Gasteiger partial charge in [-0.2, -0.15) is 0 Å². The lowest BCUT2D eigenvalue weighted by Gasteiger charge is -2.32. The van der Waals surface area contributed by atoms with Gasteiger partial charge in [0.2, 0.25) is 5.91 Å². The molecule has 3 rings (SSSR count). The summed E-state index contributed by atoms with van der Waals surface area (Å²) >= 11 is 0. The Hall–Kier alpha value is -2.27. The van der Waals surface area contributed by atoms with Gasteiger partial charge in [-0.25, -0.2) is 9.97 Å². The van der Waals surface area contributed by atoms with E-state index < -0.39 is 0 Å². The summed E-state index contributed by atoms with van der Waals surface area (Å²) in [5.74, 6) is 0.913. The fraction of sp³-hybridized carbons (Fsp3) is 0.421. The molecule has 0 spiro atoms. The van der Waals surface area contributed by atoms with Gasteiger partial charge >= 0.3 is 0 Å². The van der Waals surface area contributed by atoms with Crippen molar-refractivity contribution in [2.45, 2.75) is 38.4 Å². The number of hydrogen-bond donors (Lipinski definition) is 0.